The van der Waals surface area contributed by atoms with Crippen LogP contribution in [0.4, 0.5) is 5.82 Å². The number of anilines is 1. The zero-order valence-corrected chi connectivity index (χ0v) is 13.9. The van der Waals surface area contributed by atoms with Crippen LogP contribution in [0.1, 0.15) is 23.3 Å². The number of nitrogens with one attached hydrogen (secondary N) is 1. The molecule has 1 N–H and O–H groups in total. The van der Waals surface area contributed by atoms with Gasteiger partial charge in [-0.2, -0.15) is 0 Å². The molecule has 0 radical (unpaired) electrons. The predicted molar refractivity (Wildman–Crippen MR) is 86.8 cm³/mol. The Morgan fingerprint density at radius 1 is 1.42 bits per heavy atom. The Labute approximate surface area is 130 Å². The second kappa shape index (κ2) is 7.16. The van der Waals surface area contributed by atoms with E-state index in [1.165, 1.54) is 4.88 Å². The first-order valence-electron chi connectivity index (χ1n) is 6.05. The lowest BCUT2D eigenvalue weighted by atomic mass is 10.3. The zero-order valence-electron chi connectivity index (χ0n) is 10.9. The van der Waals surface area contributed by atoms with Crippen molar-refractivity contribution in [1.82, 2.24) is 9.97 Å². The fourth-order valence-corrected chi connectivity index (χ4v) is 3.00. The molecular weight excluding hydrogens is 373 g/mol. The Bertz CT molecular complexity index is 504. The number of methoxy groups -OCH3 is 1. The van der Waals surface area contributed by atoms with Crippen LogP contribution < -0.4 is 5.32 Å². The molecule has 0 aliphatic rings. The van der Waals surface area contributed by atoms with E-state index in [0.29, 0.717) is 6.61 Å². The number of ether oxygens (including phenoxy) is 1. The Morgan fingerprint density at radius 2 is 2.26 bits per heavy atom. The Balaban J connectivity index is 2.31. The molecule has 19 heavy (non-hydrogen) atoms. The molecule has 0 spiro atoms. The molecular formula is C13H16IN3OS. The lowest BCUT2D eigenvalue weighted by Crippen LogP contribution is -2.10. The highest BCUT2D eigenvalue weighted by Crippen LogP contribution is 2.21. The van der Waals surface area contributed by atoms with Crippen molar-refractivity contribution in [3.05, 3.63) is 37.5 Å². The summed E-state index contributed by atoms with van der Waals surface area (Å²) in [6.45, 7) is 3.42. The molecule has 2 aromatic heterocycles. The van der Waals surface area contributed by atoms with Gasteiger partial charge in [-0.15, -0.1) is 11.3 Å². The third-order valence-electron chi connectivity index (χ3n) is 2.50. The van der Waals surface area contributed by atoms with Crippen molar-refractivity contribution in [3.63, 3.8) is 0 Å². The minimum Gasteiger partial charge on any atom is -0.378 e. The summed E-state index contributed by atoms with van der Waals surface area (Å²) < 4.78 is 6.25. The molecule has 0 bridgehead atoms. The van der Waals surface area contributed by atoms with Crippen LogP contribution in [0.15, 0.2) is 17.5 Å². The number of rotatable bonds is 6. The number of nitrogens with zero attached hydrogens (tertiary/aromatic N) is 2. The average Bonchev–Trinajstić information content (AvgIpc) is 2.88. The minimum absolute atomic E-state index is 0.511. The molecule has 4 nitrogen and oxygen atoms in total. The van der Waals surface area contributed by atoms with Gasteiger partial charge in [-0.25, -0.2) is 9.97 Å². The number of aromatic nitrogens is 2. The molecule has 0 unspecified atom stereocenters. The maximum absolute atomic E-state index is 5.21. The largest absolute Gasteiger partial charge is 0.378 e. The van der Waals surface area contributed by atoms with E-state index < -0.39 is 0 Å². The molecule has 0 saturated heterocycles. The monoisotopic (exact) mass is 389 g/mol. The lowest BCUT2D eigenvalue weighted by Gasteiger charge is -2.11. The van der Waals surface area contributed by atoms with E-state index in [1.807, 2.05) is 6.07 Å². The molecule has 0 aliphatic carbocycles. The van der Waals surface area contributed by atoms with E-state index in [1.54, 1.807) is 18.4 Å². The highest BCUT2D eigenvalue weighted by Gasteiger charge is 2.12. The molecule has 0 atom stereocenters. The average molecular weight is 389 g/mol. The van der Waals surface area contributed by atoms with E-state index in [9.17, 15) is 0 Å². The highest BCUT2D eigenvalue weighted by atomic mass is 127. The van der Waals surface area contributed by atoms with Crippen LogP contribution in [0.5, 0.6) is 0 Å². The number of hydrogen-bond acceptors (Lipinski definition) is 5. The van der Waals surface area contributed by atoms with E-state index in [0.717, 1.165) is 33.9 Å². The number of hydrogen-bond donors (Lipinski definition) is 1. The zero-order chi connectivity index (χ0) is 13.7. The topological polar surface area (TPSA) is 47.0 Å². The van der Waals surface area contributed by atoms with Gasteiger partial charge >= 0.3 is 0 Å². The summed E-state index contributed by atoms with van der Waals surface area (Å²) >= 11 is 4.00. The van der Waals surface area contributed by atoms with E-state index >= 15 is 0 Å². The van der Waals surface area contributed by atoms with Crippen molar-refractivity contribution >= 4 is 39.7 Å². The van der Waals surface area contributed by atoms with Gasteiger partial charge in [0.25, 0.3) is 0 Å². The van der Waals surface area contributed by atoms with Crippen LogP contribution in [-0.4, -0.2) is 23.6 Å². The second-order valence-electron chi connectivity index (χ2n) is 3.97. The summed E-state index contributed by atoms with van der Waals surface area (Å²) in [4.78, 5) is 10.5. The molecule has 2 heterocycles. The molecule has 0 fully saturated rings. The summed E-state index contributed by atoms with van der Waals surface area (Å²) in [5, 5.41) is 5.36. The van der Waals surface area contributed by atoms with Crippen molar-refractivity contribution < 1.29 is 4.74 Å². The smallest absolute Gasteiger partial charge is 0.143 e. The summed E-state index contributed by atoms with van der Waals surface area (Å²) in [5.41, 5.74) is 0.945. The Kier molecular flexibility index (Phi) is 5.53. The van der Waals surface area contributed by atoms with E-state index in [4.69, 9.17) is 4.74 Å². The third kappa shape index (κ3) is 3.87. The molecule has 2 rings (SSSR count). The number of thiophene rings is 1. The van der Waals surface area contributed by atoms with Gasteiger partial charge in [0.05, 0.1) is 15.9 Å². The normalized spacial score (nSPS) is 10.7. The lowest BCUT2D eigenvalue weighted by molar-refractivity contribution is 0.180. The first-order chi connectivity index (χ1) is 9.24. The molecule has 0 amide bonds. The molecule has 0 aromatic carbocycles. The van der Waals surface area contributed by atoms with Crippen LogP contribution in [0.3, 0.4) is 0 Å². The van der Waals surface area contributed by atoms with Gasteiger partial charge in [-0.05, 0) is 41.0 Å². The molecule has 2 aromatic rings. The summed E-state index contributed by atoms with van der Waals surface area (Å²) in [7, 11) is 1.68. The molecule has 0 aliphatic heterocycles. The van der Waals surface area contributed by atoms with E-state index in [-0.39, 0.29) is 0 Å². The van der Waals surface area contributed by atoms with E-state index in [2.05, 4.69) is 56.2 Å². The van der Waals surface area contributed by atoms with Gasteiger partial charge < -0.3 is 10.1 Å². The standard InChI is InChI=1S/C13H16IN3OS/c1-3-15-13-12(14)10(8-18-2)16-11(17-13)7-9-5-4-6-19-9/h4-6H,3,7-8H2,1-2H3,(H,15,16,17). The van der Waals surface area contributed by atoms with Gasteiger partial charge in [0.1, 0.15) is 11.6 Å². The molecule has 6 heteroatoms. The van der Waals surface area contributed by atoms with Crippen molar-refractivity contribution in [3.8, 4) is 0 Å². The van der Waals surface area contributed by atoms with Gasteiger partial charge in [0.15, 0.2) is 0 Å². The van der Waals surface area contributed by atoms with Crippen molar-refractivity contribution in [1.29, 1.82) is 0 Å². The molecule has 0 saturated carbocycles. The van der Waals surface area contributed by atoms with Crippen LogP contribution >= 0.6 is 33.9 Å². The van der Waals surface area contributed by atoms with Crippen LogP contribution in [0.25, 0.3) is 0 Å². The maximum atomic E-state index is 5.21. The highest BCUT2D eigenvalue weighted by molar-refractivity contribution is 14.1. The van der Waals surface area contributed by atoms with Crippen molar-refractivity contribution in [2.24, 2.45) is 0 Å². The number of halogens is 1. The Hall–Kier alpha value is -0.730. The van der Waals surface area contributed by atoms with Crippen LogP contribution in [0, 0.1) is 3.57 Å². The van der Waals surface area contributed by atoms with Gasteiger partial charge in [-0.3, -0.25) is 0 Å². The van der Waals surface area contributed by atoms with Crippen LogP contribution in [0.2, 0.25) is 0 Å². The van der Waals surface area contributed by atoms with Gasteiger partial charge in [-0.1, -0.05) is 6.07 Å². The van der Waals surface area contributed by atoms with Gasteiger partial charge in [0, 0.05) is 25.0 Å². The summed E-state index contributed by atoms with van der Waals surface area (Å²) in [6, 6.07) is 4.16. The fourth-order valence-electron chi connectivity index (χ4n) is 1.71. The quantitative estimate of drug-likeness (QED) is 0.771. The van der Waals surface area contributed by atoms with Gasteiger partial charge in [0.2, 0.25) is 0 Å². The SMILES string of the molecule is CCNc1nc(Cc2cccs2)nc(COC)c1I. The molecule has 102 valence electrons. The maximum Gasteiger partial charge on any atom is 0.143 e. The predicted octanol–water partition coefficient (Wildman–Crippen LogP) is 3.31. The van der Waals surface area contributed by atoms with Crippen LogP contribution in [-0.2, 0) is 17.8 Å². The minimum atomic E-state index is 0.511. The fraction of sp³-hybridized carbons (Fsp3) is 0.385. The Morgan fingerprint density at radius 3 is 2.89 bits per heavy atom. The third-order valence-corrected chi connectivity index (χ3v) is 4.51. The first-order valence-corrected chi connectivity index (χ1v) is 8.01. The second-order valence-corrected chi connectivity index (χ2v) is 6.08. The first kappa shape index (κ1) is 14.7. The summed E-state index contributed by atoms with van der Waals surface area (Å²) in [5.74, 6) is 1.74. The van der Waals surface area contributed by atoms with Crippen molar-refractivity contribution in [2.45, 2.75) is 20.0 Å². The van der Waals surface area contributed by atoms with Crippen molar-refractivity contribution in [2.75, 3.05) is 19.0 Å². The summed E-state index contributed by atoms with van der Waals surface area (Å²) in [6.07, 6.45) is 0.768.